The van der Waals surface area contributed by atoms with E-state index in [0.717, 1.165) is 19.0 Å². The van der Waals surface area contributed by atoms with Gasteiger partial charge in [0.1, 0.15) is 0 Å². The molecule has 1 heterocycles. The first-order valence-electron chi connectivity index (χ1n) is 2.81. The zero-order chi connectivity index (χ0) is 5.98. The molecule has 0 aliphatic carbocycles. The smallest absolute Gasteiger partial charge is 0.159 e. The Labute approximate surface area is 53.0 Å². The van der Waals surface area contributed by atoms with Crippen molar-refractivity contribution in [3.63, 3.8) is 0 Å². The first kappa shape index (κ1) is 6.39. The Morgan fingerprint density at radius 1 is 1.62 bits per heavy atom. The van der Waals surface area contributed by atoms with Crippen LogP contribution in [-0.4, -0.2) is 34.7 Å². The van der Waals surface area contributed by atoms with Crippen LogP contribution in [0.25, 0.3) is 0 Å². The van der Waals surface area contributed by atoms with Crippen LogP contribution < -0.4 is 0 Å². The summed E-state index contributed by atoms with van der Waals surface area (Å²) in [5.41, 5.74) is 0. The topological polar surface area (TPSA) is 26.3 Å². The van der Waals surface area contributed by atoms with Crippen molar-refractivity contribution < 1.29 is 4.55 Å². The summed E-state index contributed by atoms with van der Waals surface area (Å²) in [6.45, 7) is 2.30. The average molecular weight is 133 g/mol. The molecule has 1 aliphatic heterocycles. The van der Waals surface area contributed by atoms with Gasteiger partial charge in [0.15, 0.2) is 5.88 Å². The van der Waals surface area contributed by atoms with Gasteiger partial charge in [-0.2, -0.15) is 0 Å². The van der Waals surface area contributed by atoms with Gasteiger partial charge >= 0.3 is 0 Å². The second kappa shape index (κ2) is 2.71. The highest BCUT2D eigenvalue weighted by atomic mass is 32.2. The Kier molecular flexibility index (Phi) is 2.16. The normalized spacial score (nSPS) is 24.8. The molecule has 0 bridgehead atoms. The van der Waals surface area contributed by atoms with Crippen molar-refractivity contribution in [2.24, 2.45) is 0 Å². The van der Waals surface area contributed by atoms with Crippen molar-refractivity contribution in [2.75, 3.05) is 25.2 Å². The summed E-state index contributed by atoms with van der Waals surface area (Å²) < 4.78 is 10.5. The molecule has 48 valence electrons. The van der Waals surface area contributed by atoms with E-state index in [1.807, 2.05) is 0 Å². The van der Waals surface area contributed by atoms with Gasteiger partial charge in [-0.15, -0.1) is 0 Å². The maximum atomic E-state index is 10.5. The fourth-order valence-corrected chi connectivity index (χ4v) is 1.54. The third kappa shape index (κ3) is 1.65. The molecule has 8 heavy (non-hydrogen) atoms. The SMILES string of the molecule is C[S+]([O-])CN1CCC1. The minimum Gasteiger partial charge on any atom is -0.616 e. The summed E-state index contributed by atoms with van der Waals surface area (Å²) in [5, 5.41) is 0. The molecule has 0 amide bonds. The number of hydrogen-bond donors (Lipinski definition) is 0. The molecule has 0 aromatic carbocycles. The summed E-state index contributed by atoms with van der Waals surface area (Å²) in [4.78, 5) is 2.20. The summed E-state index contributed by atoms with van der Waals surface area (Å²) in [5.74, 6) is 0.778. The first-order valence-corrected chi connectivity index (χ1v) is 4.54. The number of rotatable bonds is 2. The van der Waals surface area contributed by atoms with Crippen molar-refractivity contribution in [1.82, 2.24) is 4.90 Å². The van der Waals surface area contributed by atoms with Crippen LogP contribution in [-0.2, 0) is 11.2 Å². The van der Waals surface area contributed by atoms with Crippen LogP contribution in [0.4, 0.5) is 0 Å². The van der Waals surface area contributed by atoms with E-state index in [1.165, 1.54) is 6.42 Å². The van der Waals surface area contributed by atoms with E-state index in [1.54, 1.807) is 6.26 Å². The van der Waals surface area contributed by atoms with Gasteiger partial charge < -0.3 is 4.55 Å². The van der Waals surface area contributed by atoms with Crippen LogP contribution in [0.3, 0.4) is 0 Å². The van der Waals surface area contributed by atoms with Crippen LogP contribution >= 0.6 is 0 Å². The maximum absolute atomic E-state index is 10.5. The summed E-state index contributed by atoms with van der Waals surface area (Å²) in [6.07, 6.45) is 3.04. The lowest BCUT2D eigenvalue weighted by molar-refractivity contribution is 0.213. The van der Waals surface area contributed by atoms with Gasteiger partial charge in [-0.25, -0.2) is 0 Å². The Balaban J connectivity index is 2.01. The van der Waals surface area contributed by atoms with Crippen molar-refractivity contribution >= 4 is 11.2 Å². The zero-order valence-electron chi connectivity index (χ0n) is 5.09. The molecule has 1 fully saturated rings. The van der Waals surface area contributed by atoms with Gasteiger partial charge in [-0.1, -0.05) is 0 Å². The molecule has 0 aromatic heterocycles. The molecule has 2 nitrogen and oxygen atoms in total. The Hall–Kier alpha value is 0.270. The molecule has 0 radical (unpaired) electrons. The molecule has 1 unspecified atom stereocenters. The first-order chi connectivity index (χ1) is 3.79. The van der Waals surface area contributed by atoms with E-state index in [2.05, 4.69) is 4.90 Å². The second-order valence-corrected chi connectivity index (χ2v) is 3.58. The van der Waals surface area contributed by atoms with Crippen LogP contribution in [0.15, 0.2) is 0 Å². The van der Waals surface area contributed by atoms with Crippen LogP contribution in [0, 0.1) is 0 Å². The molecule has 1 saturated heterocycles. The van der Waals surface area contributed by atoms with Crippen LogP contribution in [0.2, 0.25) is 0 Å². The third-order valence-electron chi connectivity index (χ3n) is 1.31. The Bertz CT molecular complexity index is 72.8. The second-order valence-electron chi connectivity index (χ2n) is 2.17. The standard InChI is InChI=1S/C5H11NOS/c1-8(7)5-6-3-2-4-6/h2-5H2,1H3. The largest absolute Gasteiger partial charge is 0.616 e. The number of hydrogen-bond acceptors (Lipinski definition) is 2. The monoisotopic (exact) mass is 133 g/mol. The molecular weight excluding hydrogens is 122 g/mol. The minimum atomic E-state index is -0.618. The highest BCUT2D eigenvalue weighted by Gasteiger charge is 2.16. The van der Waals surface area contributed by atoms with Crippen molar-refractivity contribution in [1.29, 1.82) is 0 Å². The summed E-state index contributed by atoms with van der Waals surface area (Å²) in [6, 6.07) is 0. The summed E-state index contributed by atoms with van der Waals surface area (Å²) in [7, 11) is 0. The predicted octanol–water partition coefficient (Wildman–Crippen LogP) is 0.0281. The Morgan fingerprint density at radius 3 is 2.38 bits per heavy atom. The lowest BCUT2D eigenvalue weighted by Crippen LogP contribution is -2.40. The molecular formula is C5H11NOS. The number of nitrogens with zero attached hydrogens (tertiary/aromatic N) is 1. The van der Waals surface area contributed by atoms with Gasteiger partial charge in [0.25, 0.3) is 0 Å². The number of likely N-dealkylation sites (tertiary alicyclic amines) is 1. The lowest BCUT2D eigenvalue weighted by atomic mass is 10.2. The van der Waals surface area contributed by atoms with Crippen LogP contribution in [0.5, 0.6) is 0 Å². The molecule has 1 atom stereocenters. The molecule has 3 heteroatoms. The fourth-order valence-electron chi connectivity index (χ4n) is 0.768. The molecule has 0 N–H and O–H groups in total. The maximum Gasteiger partial charge on any atom is 0.159 e. The quantitative estimate of drug-likeness (QED) is 0.497. The minimum absolute atomic E-state index is 0.618. The average Bonchev–Trinajstić information content (AvgIpc) is 1.55. The Morgan fingerprint density at radius 2 is 2.25 bits per heavy atom. The highest BCUT2D eigenvalue weighted by molar-refractivity contribution is 7.90. The molecule has 1 rings (SSSR count). The van der Waals surface area contributed by atoms with E-state index >= 15 is 0 Å². The predicted molar refractivity (Wildman–Crippen MR) is 35.1 cm³/mol. The molecule has 1 aliphatic rings. The van der Waals surface area contributed by atoms with Gasteiger partial charge in [0.2, 0.25) is 0 Å². The molecule has 0 aromatic rings. The van der Waals surface area contributed by atoms with E-state index in [9.17, 15) is 4.55 Å². The molecule has 0 saturated carbocycles. The van der Waals surface area contributed by atoms with Crippen molar-refractivity contribution in [3.8, 4) is 0 Å². The third-order valence-corrected chi connectivity index (χ3v) is 2.04. The van der Waals surface area contributed by atoms with Gasteiger partial charge in [-0.3, -0.25) is 4.90 Å². The lowest BCUT2D eigenvalue weighted by Gasteiger charge is -2.29. The van der Waals surface area contributed by atoms with Crippen LogP contribution in [0.1, 0.15) is 6.42 Å². The molecule has 0 spiro atoms. The highest BCUT2D eigenvalue weighted by Crippen LogP contribution is 2.05. The van der Waals surface area contributed by atoms with E-state index in [4.69, 9.17) is 0 Å². The van der Waals surface area contributed by atoms with Crippen molar-refractivity contribution in [2.45, 2.75) is 6.42 Å². The van der Waals surface area contributed by atoms with E-state index < -0.39 is 11.2 Å². The summed E-state index contributed by atoms with van der Waals surface area (Å²) >= 11 is -0.618. The van der Waals surface area contributed by atoms with Crippen molar-refractivity contribution in [3.05, 3.63) is 0 Å². The fraction of sp³-hybridized carbons (Fsp3) is 1.00. The van der Waals surface area contributed by atoms with Gasteiger partial charge in [-0.05, 0) is 17.6 Å². The zero-order valence-corrected chi connectivity index (χ0v) is 5.91. The van der Waals surface area contributed by atoms with E-state index in [0.29, 0.717) is 0 Å². The van der Waals surface area contributed by atoms with Gasteiger partial charge in [0.05, 0.1) is 6.26 Å². The van der Waals surface area contributed by atoms with E-state index in [-0.39, 0.29) is 0 Å². The van der Waals surface area contributed by atoms with Gasteiger partial charge in [0, 0.05) is 13.1 Å².